The highest BCUT2D eigenvalue weighted by Crippen LogP contribution is 2.30. The van der Waals surface area contributed by atoms with Crippen LogP contribution in [0, 0.1) is 0 Å². The third-order valence-electron chi connectivity index (χ3n) is 9.91. The zero-order chi connectivity index (χ0) is 43.5. The van der Waals surface area contributed by atoms with E-state index in [0.717, 1.165) is 66.0 Å². The molecular weight excluding hydrogens is 809 g/mol. The second kappa shape index (κ2) is 23.8. The molecule has 4 aromatic carbocycles. The monoisotopic (exact) mass is 860 g/mol. The number of nitrogens with zero attached hydrogens (tertiary/aromatic N) is 4. The van der Waals surface area contributed by atoms with Crippen molar-refractivity contribution in [3.63, 3.8) is 0 Å². The highest BCUT2D eigenvalue weighted by Gasteiger charge is 2.23. The van der Waals surface area contributed by atoms with Gasteiger partial charge in [-0.1, -0.05) is 55.5 Å². The summed E-state index contributed by atoms with van der Waals surface area (Å²) in [5, 5.41) is 15.3. The van der Waals surface area contributed by atoms with Crippen molar-refractivity contribution in [1.29, 1.82) is 0 Å². The van der Waals surface area contributed by atoms with E-state index in [0.29, 0.717) is 49.1 Å². The molecule has 0 radical (unpaired) electrons. The van der Waals surface area contributed by atoms with Crippen molar-refractivity contribution in [2.24, 2.45) is 0 Å². The Morgan fingerprint density at radius 2 is 1.44 bits per heavy atom. The van der Waals surface area contributed by atoms with Gasteiger partial charge in [-0.3, -0.25) is 19.7 Å². The van der Waals surface area contributed by atoms with E-state index in [1.165, 1.54) is 16.7 Å². The van der Waals surface area contributed by atoms with E-state index in [2.05, 4.69) is 25.5 Å². The van der Waals surface area contributed by atoms with Crippen LogP contribution in [0.1, 0.15) is 58.9 Å². The number of ether oxygens (including phenoxy) is 3. The number of anilines is 4. The van der Waals surface area contributed by atoms with Crippen LogP contribution in [0.2, 0.25) is 0 Å². The van der Waals surface area contributed by atoms with E-state index >= 15 is 0 Å². The van der Waals surface area contributed by atoms with Crippen molar-refractivity contribution in [1.82, 2.24) is 9.97 Å². The van der Waals surface area contributed by atoms with Gasteiger partial charge in [0.15, 0.2) is 0 Å². The first kappa shape index (κ1) is 45.4. The number of thioether (sulfide) groups is 1. The number of carbonyl (C=O) groups is 4. The number of aliphatic carboxylic acids is 1. The van der Waals surface area contributed by atoms with Crippen LogP contribution in [0.3, 0.4) is 0 Å². The molecule has 6 rings (SSSR count). The smallest absolute Gasteiger partial charge is 0.394 e. The Kier molecular flexibility index (Phi) is 17.4. The quantitative estimate of drug-likeness (QED) is 0.0372. The van der Waals surface area contributed by atoms with Crippen LogP contribution < -0.4 is 20.4 Å². The maximum atomic E-state index is 13.9. The van der Waals surface area contributed by atoms with Gasteiger partial charge in [0, 0.05) is 71.8 Å². The highest BCUT2D eigenvalue weighted by molar-refractivity contribution is 7.98. The number of benzene rings is 4. The van der Waals surface area contributed by atoms with Crippen molar-refractivity contribution >= 4 is 58.5 Å². The molecule has 62 heavy (non-hydrogen) atoms. The summed E-state index contributed by atoms with van der Waals surface area (Å²) in [6.07, 6.45) is 7.54. The van der Waals surface area contributed by atoms with Crippen molar-refractivity contribution in [2.75, 3.05) is 79.7 Å². The summed E-state index contributed by atoms with van der Waals surface area (Å²) in [6.45, 7) is 6.23. The van der Waals surface area contributed by atoms with Crippen molar-refractivity contribution < 1.29 is 38.5 Å². The minimum absolute atomic E-state index is 0.0377. The number of aromatic nitrogens is 2. The predicted octanol–water partition coefficient (Wildman–Crippen LogP) is 7.81. The van der Waals surface area contributed by atoms with Crippen LogP contribution in [-0.4, -0.2) is 98.0 Å². The molecule has 0 bridgehead atoms. The molecule has 0 saturated carbocycles. The van der Waals surface area contributed by atoms with Crippen LogP contribution in [0.15, 0.2) is 114 Å². The second-order valence-electron chi connectivity index (χ2n) is 14.4. The molecule has 1 saturated heterocycles. The number of carbonyl (C=O) groups excluding carboxylic acids is 3. The summed E-state index contributed by atoms with van der Waals surface area (Å²) >= 11 is 1.47. The Hall–Kier alpha value is -6.13. The molecule has 5 aromatic rings. The van der Waals surface area contributed by atoms with Gasteiger partial charge in [0.05, 0.1) is 44.3 Å². The molecule has 15 heteroatoms. The maximum Gasteiger partial charge on any atom is 0.394 e. The van der Waals surface area contributed by atoms with Crippen LogP contribution in [0.25, 0.3) is 11.1 Å². The Balaban J connectivity index is 1.09. The van der Waals surface area contributed by atoms with Crippen molar-refractivity contribution in [3.05, 3.63) is 126 Å². The van der Waals surface area contributed by atoms with Gasteiger partial charge < -0.3 is 34.4 Å². The lowest BCUT2D eigenvalue weighted by atomic mass is 10.1. The molecule has 14 nitrogen and oxygen atoms in total. The Bertz CT molecular complexity index is 2260. The second-order valence-corrected chi connectivity index (χ2v) is 15.5. The fourth-order valence-corrected chi connectivity index (χ4v) is 7.62. The number of nitrogens with one attached hydrogen (secondary N) is 2. The first-order valence-corrected chi connectivity index (χ1v) is 21.8. The average Bonchev–Trinajstić information content (AvgIpc) is 3.31. The Morgan fingerprint density at radius 3 is 2.16 bits per heavy atom. The molecule has 0 spiro atoms. The summed E-state index contributed by atoms with van der Waals surface area (Å²) in [4.78, 5) is 65.1. The van der Waals surface area contributed by atoms with E-state index in [9.17, 15) is 24.3 Å². The van der Waals surface area contributed by atoms with Crippen LogP contribution >= 0.6 is 11.8 Å². The molecule has 3 amide bonds. The lowest BCUT2D eigenvalue weighted by Gasteiger charge is -2.29. The van der Waals surface area contributed by atoms with E-state index in [1.54, 1.807) is 60.9 Å². The van der Waals surface area contributed by atoms with Gasteiger partial charge in [0.1, 0.15) is 0 Å². The summed E-state index contributed by atoms with van der Waals surface area (Å²) < 4.78 is 16.5. The average molecular weight is 861 g/mol. The summed E-state index contributed by atoms with van der Waals surface area (Å²) in [7, 11) is 0. The summed E-state index contributed by atoms with van der Waals surface area (Å²) in [6, 6.07) is 29.5. The maximum absolute atomic E-state index is 13.9. The predicted molar refractivity (Wildman–Crippen MR) is 241 cm³/mol. The fraction of sp³-hybridized carbons (Fsp3) is 0.319. The number of piperidine rings is 1. The SMILES string of the molecule is CCCOCCOCCOCCN(C(=O)C(=O)O)c1cccc(SCc2cccc(C(=O)Nc3ccc(N4CCCCC4)cc3C(=O)Nc3ncc(-c4ccccc4)cn3)c2)c1. The third-order valence-corrected chi connectivity index (χ3v) is 11.0. The van der Waals surface area contributed by atoms with Crippen LogP contribution in [0.4, 0.5) is 23.0 Å². The van der Waals surface area contributed by atoms with E-state index < -0.39 is 17.8 Å². The van der Waals surface area contributed by atoms with E-state index in [1.807, 2.05) is 55.5 Å². The first-order chi connectivity index (χ1) is 30.3. The van der Waals surface area contributed by atoms with Crippen LogP contribution in [-0.2, 0) is 29.6 Å². The number of carboxylic acid groups (broad SMARTS) is 1. The minimum atomic E-state index is -1.57. The zero-order valence-electron chi connectivity index (χ0n) is 34.8. The summed E-state index contributed by atoms with van der Waals surface area (Å²) in [5.74, 6) is -2.86. The third kappa shape index (κ3) is 13.4. The van der Waals surface area contributed by atoms with Gasteiger partial charge in [0.25, 0.3) is 11.8 Å². The molecule has 1 aliphatic rings. The standard InChI is InChI=1S/C47H52N6O8S/c1-2-22-59-24-26-61-27-25-60-23-21-53(45(56)46(57)58)39-15-10-16-40(29-39)62-33-34-11-9-14-36(28-34)43(54)50-42-18-17-38(52-19-7-4-8-20-52)30-41(42)44(55)51-47-48-31-37(32-49-47)35-12-5-3-6-13-35/h3,5-6,9-18,28-32H,2,4,7-8,19-27,33H2,1H3,(H,50,54)(H,57,58)(H,48,49,51,55). The minimum Gasteiger partial charge on any atom is -0.474 e. The number of carboxylic acids is 1. The molecule has 1 aliphatic heterocycles. The molecule has 0 aliphatic carbocycles. The fourth-order valence-electron chi connectivity index (χ4n) is 6.73. The first-order valence-electron chi connectivity index (χ1n) is 20.8. The lowest BCUT2D eigenvalue weighted by Crippen LogP contribution is -2.39. The molecule has 324 valence electrons. The Labute approximate surface area is 366 Å². The van der Waals surface area contributed by atoms with Gasteiger partial charge in [-0.15, -0.1) is 11.8 Å². The summed E-state index contributed by atoms with van der Waals surface area (Å²) in [5.41, 5.74) is 4.97. The van der Waals surface area contributed by atoms with Crippen molar-refractivity contribution in [3.8, 4) is 11.1 Å². The Morgan fingerprint density at radius 1 is 0.726 bits per heavy atom. The van der Waals surface area contributed by atoms with Crippen LogP contribution in [0.5, 0.6) is 0 Å². The van der Waals surface area contributed by atoms with E-state index in [-0.39, 0.29) is 37.2 Å². The van der Waals surface area contributed by atoms with Gasteiger partial charge >= 0.3 is 11.9 Å². The van der Waals surface area contributed by atoms with Gasteiger partial charge in [-0.2, -0.15) is 0 Å². The lowest BCUT2D eigenvalue weighted by molar-refractivity contribution is -0.148. The number of rotatable bonds is 21. The van der Waals surface area contributed by atoms with Gasteiger partial charge in [0.2, 0.25) is 5.95 Å². The van der Waals surface area contributed by atoms with Crippen molar-refractivity contribution in [2.45, 2.75) is 43.3 Å². The molecular formula is C47H52N6O8S. The molecule has 0 atom stereocenters. The van der Waals surface area contributed by atoms with Gasteiger partial charge in [-0.25, -0.2) is 14.8 Å². The van der Waals surface area contributed by atoms with E-state index in [4.69, 9.17) is 14.2 Å². The normalized spacial score (nSPS) is 12.4. The number of hydrogen-bond acceptors (Lipinski definition) is 11. The van der Waals surface area contributed by atoms with Gasteiger partial charge in [-0.05, 0) is 85.3 Å². The topological polar surface area (TPSA) is 173 Å². The molecule has 1 fully saturated rings. The molecule has 0 unspecified atom stereocenters. The number of amides is 3. The molecule has 2 heterocycles. The number of hydrogen-bond donors (Lipinski definition) is 3. The highest BCUT2D eigenvalue weighted by atomic mass is 32.2. The zero-order valence-corrected chi connectivity index (χ0v) is 35.6. The largest absolute Gasteiger partial charge is 0.474 e. The molecule has 3 N–H and O–H groups in total. The molecule has 1 aromatic heterocycles.